The first-order valence-electron chi connectivity index (χ1n) is 7.50. The third-order valence-corrected chi connectivity index (χ3v) is 3.54. The van der Waals surface area contributed by atoms with Crippen molar-refractivity contribution < 1.29 is 22.8 Å². The van der Waals surface area contributed by atoms with E-state index >= 15 is 0 Å². The predicted octanol–water partition coefficient (Wildman–Crippen LogP) is 3.09. The van der Waals surface area contributed by atoms with Crippen LogP contribution in [-0.4, -0.2) is 30.3 Å². The summed E-state index contributed by atoms with van der Waals surface area (Å²) in [6, 6.07) is 13.2. The maximum absolute atomic E-state index is 12.7. The van der Waals surface area contributed by atoms with Gasteiger partial charge in [0.1, 0.15) is 0 Å². The second-order valence-electron chi connectivity index (χ2n) is 5.50. The van der Waals surface area contributed by atoms with E-state index in [1.54, 1.807) is 30.3 Å². The molecule has 0 heterocycles. The zero-order valence-electron chi connectivity index (χ0n) is 13.5. The van der Waals surface area contributed by atoms with Crippen LogP contribution >= 0.6 is 0 Å². The standard InChI is InChI=1S/C18H17F3N2O2/c1-23(12-13-6-5-9-15(10-13)18(19,20)21)16(24)11-22-17(25)14-7-3-2-4-8-14/h2-10H,11-12H2,1H3,(H,22,25). The molecule has 2 aromatic carbocycles. The SMILES string of the molecule is CN(Cc1cccc(C(F)(F)F)c1)C(=O)CNC(=O)c1ccccc1. The number of carbonyl (C=O) groups is 2. The van der Waals surface area contributed by atoms with E-state index in [0.717, 1.165) is 12.1 Å². The van der Waals surface area contributed by atoms with Gasteiger partial charge in [0.25, 0.3) is 5.91 Å². The molecule has 2 amide bonds. The van der Waals surface area contributed by atoms with Crippen molar-refractivity contribution in [2.24, 2.45) is 0 Å². The first kappa shape index (κ1) is 18.5. The summed E-state index contributed by atoms with van der Waals surface area (Å²) in [7, 11) is 1.47. The van der Waals surface area contributed by atoms with Gasteiger partial charge < -0.3 is 10.2 Å². The Balaban J connectivity index is 1.91. The fourth-order valence-electron chi connectivity index (χ4n) is 2.19. The van der Waals surface area contributed by atoms with Crippen LogP contribution in [0.5, 0.6) is 0 Å². The Kier molecular flexibility index (Phi) is 5.80. The maximum Gasteiger partial charge on any atom is 0.416 e. The molecule has 0 aliphatic heterocycles. The van der Waals surface area contributed by atoms with E-state index in [4.69, 9.17) is 0 Å². The fourth-order valence-corrected chi connectivity index (χ4v) is 2.19. The number of nitrogens with zero attached hydrogens (tertiary/aromatic N) is 1. The van der Waals surface area contributed by atoms with Crippen LogP contribution in [0.1, 0.15) is 21.5 Å². The van der Waals surface area contributed by atoms with Gasteiger partial charge in [-0.05, 0) is 29.8 Å². The highest BCUT2D eigenvalue weighted by atomic mass is 19.4. The Morgan fingerprint density at radius 2 is 1.72 bits per heavy atom. The van der Waals surface area contributed by atoms with E-state index in [1.807, 2.05) is 0 Å². The summed E-state index contributed by atoms with van der Waals surface area (Å²) in [6.07, 6.45) is -4.43. The highest BCUT2D eigenvalue weighted by Gasteiger charge is 2.30. The number of nitrogens with one attached hydrogen (secondary N) is 1. The molecule has 2 aromatic rings. The first-order chi connectivity index (χ1) is 11.8. The number of carbonyl (C=O) groups excluding carboxylic acids is 2. The smallest absolute Gasteiger partial charge is 0.343 e. The normalized spacial score (nSPS) is 11.0. The predicted molar refractivity (Wildman–Crippen MR) is 86.7 cm³/mol. The molecule has 0 unspecified atom stereocenters. The van der Waals surface area contributed by atoms with Crippen molar-refractivity contribution in [3.05, 3.63) is 71.3 Å². The van der Waals surface area contributed by atoms with Gasteiger partial charge >= 0.3 is 6.18 Å². The summed E-state index contributed by atoms with van der Waals surface area (Å²) >= 11 is 0. The second-order valence-corrected chi connectivity index (χ2v) is 5.50. The average Bonchev–Trinajstić information content (AvgIpc) is 2.59. The van der Waals surface area contributed by atoms with E-state index in [-0.39, 0.29) is 19.0 Å². The summed E-state index contributed by atoms with van der Waals surface area (Å²) in [6.45, 7) is -0.215. The topological polar surface area (TPSA) is 49.4 Å². The Morgan fingerprint density at radius 3 is 2.36 bits per heavy atom. The number of likely N-dealkylation sites (N-methyl/N-ethyl adjacent to an activating group) is 1. The highest BCUT2D eigenvalue weighted by molar-refractivity contribution is 5.96. The van der Waals surface area contributed by atoms with Crippen LogP contribution in [0, 0.1) is 0 Å². The highest BCUT2D eigenvalue weighted by Crippen LogP contribution is 2.29. The molecule has 132 valence electrons. The van der Waals surface area contributed by atoms with Gasteiger partial charge in [0.05, 0.1) is 12.1 Å². The molecule has 2 rings (SSSR count). The quantitative estimate of drug-likeness (QED) is 0.901. The molecule has 0 bridgehead atoms. The molecule has 25 heavy (non-hydrogen) atoms. The van der Waals surface area contributed by atoms with E-state index in [1.165, 1.54) is 24.1 Å². The molecular formula is C18H17F3N2O2. The molecule has 0 fully saturated rings. The number of hydrogen-bond donors (Lipinski definition) is 1. The largest absolute Gasteiger partial charge is 0.416 e. The molecule has 0 aliphatic carbocycles. The van der Waals surface area contributed by atoms with Crippen LogP contribution in [0.3, 0.4) is 0 Å². The zero-order valence-corrected chi connectivity index (χ0v) is 13.5. The Labute approximate surface area is 143 Å². The van der Waals surface area contributed by atoms with Gasteiger partial charge in [0, 0.05) is 19.2 Å². The van der Waals surface area contributed by atoms with Crippen molar-refractivity contribution in [3.8, 4) is 0 Å². The summed E-state index contributed by atoms with van der Waals surface area (Å²) in [4.78, 5) is 25.2. The molecule has 0 atom stereocenters. The van der Waals surface area contributed by atoms with Crippen LogP contribution in [-0.2, 0) is 17.5 Å². The Hall–Kier alpha value is -2.83. The molecule has 0 aliphatic rings. The maximum atomic E-state index is 12.7. The molecule has 0 aromatic heterocycles. The Bertz CT molecular complexity index is 745. The molecule has 0 radical (unpaired) electrons. The molecule has 1 N–H and O–H groups in total. The van der Waals surface area contributed by atoms with Crippen molar-refractivity contribution in [2.75, 3.05) is 13.6 Å². The van der Waals surface area contributed by atoms with Gasteiger partial charge in [0.2, 0.25) is 5.91 Å². The average molecular weight is 350 g/mol. The van der Waals surface area contributed by atoms with Crippen LogP contribution in [0.15, 0.2) is 54.6 Å². The molecule has 0 saturated carbocycles. The van der Waals surface area contributed by atoms with Gasteiger partial charge in [-0.25, -0.2) is 0 Å². The van der Waals surface area contributed by atoms with Crippen molar-refractivity contribution in [2.45, 2.75) is 12.7 Å². The fraction of sp³-hybridized carbons (Fsp3) is 0.222. The van der Waals surface area contributed by atoms with E-state index < -0.39 is 17.6 Å². The lowest BCUT2D eigenvalue weighted by molar-refractivity contribution is -0.137. The lowest BCUT2D eigenvalue weighted by Crippen LogP contribution is -2.37. The van der Waals surface area contributed by atoms with Crippen LogP contribution < -0.4 is 5.32 Å². The van der Waals surface area contributed by atoms with Crippen LogP contribution in [0.25, 0.3) is 0 Å². The van der Waals surface area contributed by atoms with Crippen LogP contribution in [0.4, 0.5) is 13.2 Å². The second kappa shape index (κ2) is 7.83. The van der Waals surface area contributed by atoms with Gasteiger partial charge in [-0.3, -0.25) is 9.59 Å². The Morgan fingerprint density at radius 1 is 1.04 bits per heavy atom. The molecule has 7 heteroatoms. The summed E-state index contributed by atoms with van der Waals surface area (Å²) in [5.74, 6) is -0.789. The first-order valence-corrected chi connectivity index (χ1v) is 7.50. The van der Waals surface area contributed by atoms with Crippen molar-refractivity contribution in [1.82, 2.24) is 10.2 Å². The monoisotopic (exact) mass is 350 g/mol. The van der Waals surface area contributed by atoms with Gasteiger partial charge in [0.15, 0.2) is 0 Å². The molecule has 0 saturated heterocycles. The number of amides is 2. The minimum atomic E-state index is -4.43. The number of hydrogen-bond acceptors (Lipinski definition) is 2. The number of rotatable bonds is 5. The molecule has 4 nitrogen and oxygen atoms in total. The van der Waals surface area contributed by atoms with Crippen molar-refractivity contribution >= 4 is 11.8 Å². The molecular weight excluding hydrogens is 333 g/mol. The lowest BCUT2D eigenvalue weighted by Gasteiger charge is -2.18. The van der Waals surface area contributed by atoms with Gasteiger partial charge in [-0.2, -0.15) is 13.2 Å². The van der Waals surface area contributed by atoms with E-state index in [9.17, 15) is 22.8 Å². The summed E-state index contributed by atoms with van der Waals surface area (Å²) in [5, 5.41) is 2.49. The van der Waals surface area contributed by atoms with E-state index in [2.05, 4.69) is 5.32 Å². The molecule has 0 spiro atoms. The number of benzene rings is 2. The lowest BCUT2D eigenvalue weighted by atomic mass is 10.1. The van der Waals surface area contributed by atoms with E-state index in [0.29, 0.717) is 11.1 Å². The van der Waals surface area contributed by atoms with Crippen molar-refractivity contribution in [3.63, 3.8) is 0 Å². The number of alkyl halides is 3. The van der Waals surface area contributed by atoms with Gasteiger partial charge in [-0.15, -0.1) is 0 Å². The minimum absolute atomic E-state index is 0.0178. The van der Waals surface area contributed by atoms with Crippen molar-refractivity contribution in [1.29, 1.82) is 0 Å². The van der Waals surface area contributed by atoms with Gasteiger partial charge in [-0.1, -0.05) is 30.3 Å². The summed E-state index contributed by atoms with van der Waals surface area (Å²) in [5.41, 5.74) is 0.0270. The third-order valence-electron chi connectivity index (χ3n) is 3.54. The zero-order chi connectivity index (χ0) is 18.4. The number of halogens is 3. The minimum Gasteiger partial charge on any atom is -0.343 e. The van der Waals surface area contributed by atoms with Crippen LogP contribution in [0.2, 0.25) is 0 Å². The third kappa shape index (κ3) is 5.34. The summed E-state index contributed by atoms with van der Waals surface area (Å²) < 4.78 is 38.1.